The van der Waals surface area contributed by atoms with Gasteiger partial charge >= 0.3 is 0 Å². The topological polar surface area (TPSA) is 57.9 Å². The molecular weight excluding hydrogens is 284 g/mol. The SMILES string of the molecule is CC(c1ccc(Cl)cc1)N(C)c1nc2ccc(N)cc2[nH]1. The maximum absolute atomic E-state index is 5.94. The molecule has 108 valence electrons. The highest BCUT2D eigenvalue weighted by molar-refractivity contribution is 6.30. The van der Waals surface area contributed by atoms with E-state index in [1.165, 1.54) is 5.56 Å². The van der Waals surface area contributed by atoms with E-state index in [0.717, 1.165) is 27.7 Å². The molecule has 1 unspecified atom stereocenters. The number of nitrogens with two attached hydrogens (primary N) is 1. The van der Waals surface area contributed by atoms with Crippen LogP contribution < -0.4 is 10.6 Å². The summed E-state index contributed by atoms with van der Waals surface area (Å²) in [6.45, 7) is 2.13. The number of hydrogen-bond acceptors (Lipinski definition) is 3. The smallest absolute Gasteiger partial charge is 0.204 e. The summed E-state index contributed by atoms with van der Waals surface area (Å²) in [5.41, 5.74) is 9.57. The van der Waals surface area contributed by atoms with Crippen LogP contribution in [0.25, 0.3) is 11.0 Å². The second-order valence-corrected chi connectivity index (χ2v) is 5.61. The molecule has 0 fully saturated rings. The van der Waals surface area contributed by atoms with Crippen LogP contribution >= 0.6 is 11.6 Å². The van der Waals surface area contributed by atoms with E-state index in [2.05, 4.69) is 21.8 Å². The van der Waals surface area contributed by atoms with Crippen LogP contribution in [-0.2, 0) is 0 Å². The molecule has 21 heavy (non-hydrogen) atoms. The zero-order valence-electron chi connectivity index (χ0n) is 12.0. The molecule has 0 aliphatic heterocycles. The average molecular weight is 301 g/mol. The molecule has 0 aliphatic rings. The number of H-pyrrole nitrogens is 1. The monoisotopic (exact) mass is 300 g/mol. The Kier molecular flexibility index (Phi) is 3.47. The van der Waals surface area contributed by atoms with Gasteiger partial charge in [0, 0.05) is 17.8 Å². The molecule has 0 amide bonds. The van der Waals surface area contributed by atoms with Crippen molar-refractivity contribution in [2.75, 3.05) is 17.7 Å². The van der Waals surface area contributed by atoms with Crippen molar-refractivity contribution in [2.24, 2.45) is 0 Å². The lowest BCUT2D eigenvalue weighted by Gasteiger charge is -2.24. The molecule has 0 radical (unpaired) electrons. The standard InChI is InChI=1S/C16H17ClN4/c1-10(11-3-5-12(17)6-4-11)21(2)16-19-14-8-7-13(18)9-15(14)20-16/h3-10H,18H2,1-2H3,(H,19,20). The van der Waals surface area contributed by atoms with E-state index >= 15 is 0 Å². The van der Waals surface area contributed by atoms with Crippen molar-refractivity contribution in [1.82, 2.24) is 9.97 Å². The van der Waals surface area contributed by atoms with Crippen molar-refractivity contribution in [3.8, 4) is 0 Å². The van der Waals surface area contributed by atoms with E-state index in [9.17, 15) is 0 Å². The van der Waals surface area contributed by atoms with E-state index in [4.69, 9.17) is 17.3 Å². The van der Waals surface area contributed by atoms with Gasteiger partial charge in [0.2, 0.25) is 5.95 Å². The van der Waals surface area contributed by atoms with Crippen LogP contribution in [0.3, 0.4) is 0 Å². The van der Waals surface area contributed by atoms with E-state index in [1.54, 1.807) is 0 Å². The summed E-state index contributed by atoms with van der Waals surface area (Å²) in [5, 5.41) is 0.743. The number of nitrogens with one attached hydrogen (secondary N) is 1. The zero-order valence-corrected chi connectivity index (χ0v) is 12.7. The Balaban J connectivity index is 1.91. The molecular formula is C16H17ClN4. The van der Waals surface area contributed by atoms with Crippen molar-refractivity contribution in [1.29, 1.82) is 0 Å². The first kappa shape index (κ1) is 13.8. The fourth-order valence-corrected chi connectivity index (χ4v) is 2.46. The zero-order chi connectivity index (χ0) is 15.0. The van der Waals surface area contributed by atoms with E-state index in [0.29, 0.717) is 0 Å². The minimum Gasteiger partial charge on any atom is -0.399 e. The largest absolute Gasteiger partial charge is 0.399 e. The molecule has 3 aromatic rings. The van der Waals surface area contributed by atoms with Gasteiger partial charge in [-0.15, -0.1) is 0 Å². The first-order chi connectivity index (χ1) is 10.0. The summed E-state index contributed by atoms with van der Waals surface area (Å²) in [4.78, 5) is 10.0. The molecule has 1 atom stereocenters. The Bertz CT molecular complexity index is 764. The number of rotatable bonds is 3. The number of hydrogen-bond donors (Lipinski definition) is 2. The van der Waals surface area contributed by atoms with Gasteiger partial charge in [0.05, 0.1) is 17.1 Å². The van der Waals surface area contributed by atoms with Gasteiger partial charge in [-0.1, -0.05) is 23.7 Å². The maximum Gasteiger partial charge on any atom is 0.204 e. The molecule has 5 heteroatoms. The number of aromatic nitrogens is 2. The van der Waals surface area contributed by atoms with Crippen molar-refractivity contribution < 1.29 is 0 Å². The molecule has 0 saturated heterocycles. The van der Waals surface area contributed by atoms with Gasteiger partial charge in [-0.25, -0.2) is 4.98 Å². The van der Waals surface area contributed by atoms with Crippen molar-refractivity contribution in [3.63, 3.8) is 0 Å². The van der Waals surface area contributed by atoms with Gasteiger partial charge < -0.3 is 15.6 Å². The fraction of sp³-hybridized carbons (Fsp3) is 0.188. The molecule has 2 aromatic carbocycles. The van der Waals surface area contributed by atoms with Crippen LogP contribution in [-0.4, -0.2) is 17.0 Å². The minimum atomic E-state index is 0.181. The van der Waals surface area contributed by atoms with Gasteiger partial charge in [-0.3, -0.25) is 0 Å². The quantitative estimate of drug-likeness (QED) is 0.719. The highest BCUT2D eigenvalue weighted by Crippen LogP contribution is 2.26. The molecule has 3 N–H and O–H groups in total. The van der Waals surface area contributed by atoms with Gasteiger partial charge in [0.15, 0.2) is 0 Å². The predicted molar refractivity (Wildman–Crippen MR) is 88.8 cm³/mol. The molecule has 1 heterocycles. The molecule has 1 aromatic heterocycles. The lowest BCUT2D eigenvalue weighted by molar-refractivity contribution is 0.722. The van der Waals surface area contributed by atoms with Crippen LogP contribution in [0.1, 0.15) is 18.5 Å². The number of fused-ring (bicyclic) bond motifs is 1. The molecule has 0 bridgehead atoms. The summed E-state index contributed by atoms with van der Waals surface area (Å²) >= 11 is 5.94. The minimum absolute atomic E-state index is 0.181. The first-order valence-electron chi connectivity index (χ1n) is 6.78. The van der Waals surface area contributed by atoms with Crippen LogP contribution in [0.5, 0.6) is 0 Å². The number of benzene rings is 2. The van der Waals surface area contributed by atoms with Crippen molar-refractivity contribution in [2.45, 2.75) is 13.0 Å². The first-order valence-corrected chi connectivity index (χ1v) is 7.16. The number of nitrogens with zero attached hydrogens (tertiary/aromatic N) is 2. The van der Waals surface area contributed by atoms with Gasteiger partial charge in [-0.2, -0.15) is 0 Å². The summed E-state index contributed by atoms with van der Waals surface area (Å²) in [5.74, 6) is 0.818. The Morgan fingerprint density at radius 1 is 1.19 bits per heavy atom. The second kappa shape index (κ2) is 5.30. The summed E-state index contributed by atoms with van der Waals surface area (Å²) in [6, 6.07) is 13.7. The second-order valence-electron chi connectivity index (χ2n) is 5.18. The Morgan fingerprint density at radius 3 is 2.62 bits per heavy atom. The van der Waals surface area contributed by atoms with Gasteiger partial charge in [0.25, 0.3) is 0 Å². The Labute approximate surface area is 128 Å². The maximum atomic E-state index is 5.94. The van der Waals surface area contributed by atoms with Gasteiger partial charge in [0.1, 0.15) is 0 Å². The highest BCUT2D eigenvalue weighted by Gasteiger charge is 2.15. The summed E-state index contributed by atoms with van der Waals surface area (Å²) < 4.78 is 0. The number of anilines is 2. The Morgan fingerprint density at radius 2 is 1.90 bits per heavy atom. The van der Waals surface area contributed by atoms with Crippen LogP contribution in [0.2, 0.25) is 5.02 Å². The summed E-state index contributed by atoms with van der Waals surface area (Å²) in [7, 11) is 2.01. The number of imidazole rings is 1. The average Bonchev–Trinajstić information content (AvgIpc) is 2.89. The number of aromatic amines is 1. The molecule has 3 rings (SSSR count). The fourth-order valence-electron chi connectivity index (χ4n) is 2.33. The van der Waals surface area contributed by atoms with Crippen LogP contribution in [0.15, 0.2) is 42.5 Å². The lowest BCUT2D eigenvalue weighted by atomic mass is 10.1. The molecule has 0 aliphatic carbocycles. The third-order valence-electron chi connectivity index (χ3n) is 3.76. The van der Waals surface area contributed by atoms with Crippen LogP contribution in [0.4, 0.5) is 11.6 Å². The number of nitrogen functional groups attached to an aromatic ring is 1. The van der Waals surface area contributed by atoms with Gasteiger partial charge in [-0.05, 0) is 42.8 Å². The predicted octanol–water partition coefficient (Wildman–Crippen LogP) is 4.00. The third kappa shape index (κ3) is 2.67. The van der Waals surface area contributed by atoms with E-state index in [1.807, 2.05) is 49.5 Å². The van der Waals surface area contributed by atoms with Crippen molar-refractivity contribution >= 4 is 34.3 Å². The van der Waals surface area contributed by atoms with Crippen molar-refractivity contribution in [3.05, 3.63) is 53.1 Å². The molecule has 0 spiro atoms. The molecule has 0 saturated carbocycles. The third-order valence-corrected chi connectivity index (χ3v) is 4.01. The number of halogens is 1. The van der Waals surface area contributed by atoms with E-state index < -0.39 is 0 Å². The van der Waals surface area contributed by atoms with E-state index in [-0.39, 0.29) is 6.04 Å². The van der Waals surface area contributed by atoms with Crippen LogP contribution in [0, 0.1) is 0 Å². The summed E-state index contributed by atoms with van der Waals surface area (Å²) in [6.07, 6.45) is 0. The highest BCUT2D eigenvalue weighted by atomic mass is 35.5. The normalized spacial score (nSPS) is 12.5. The lowest BCUT2D eigenvalue weighted by Crippen LogP contribution is -2.22. The molecule has 4 nitrogen and oxygen atoms in total. The Hall–Kier alpha value is -2.20.